The van der Waals surface area contributed by atoms with E-state index in [1.165, 1.54) is 6.07 Å². The summed E-state index contributed by atoms with van der Waals surface area (Å²) in [5.74, 6) is -0.403. The van der Waals surface area contributed by atoms with Gasteiger partial charge in [0.15, 0.2) is 0 Å². The Balaban J connectivity index is 2.31. The van der Waals surface area contributed by atoms with Gasteiger partial charge in [-0.2, -0.15) is 0 Å². The average Bonchev–Trinajstić information content (AvgIpc) is 2.71. The van der Waals surface area contributed by atoms with Gasteiger partial charge in [-0.3, -0.25) is 0 Å². The van der Waals surface area contributed by atoms with Crippen LogP contribution in [0.4, 0.5) is 4.39 Å². The fraction of sp³-hybridized carbons (Fsp3) is 0.167. The average molecular weight is 239 g/mol. The van der Waals surface area contributed by atoms with Crippen LogP contribution in [0.3, 0.4) is 0 Å². The summed E-state index contributed by atoms with van der Waals surface area (Å²) in [6.45, 7) is 0.619. The highest BCUT2D eigenvalue weighted by Gasteiger charge is 2.03. The van der Waals surface area contributed by atoms with Gasteiger partial charge in [-0.15, -0.1) is 0 Å². The predicted molar refractivity (Wildman–Crippen MR) is 63.5 cm³/mol. The zero-order valence-electron chi connectivity index (χ0n) is 8.66. The first kappa shape index (κ1) is 11.2. The van der Waals surface area contributed by atoms with Crippen molar-refractivity contribution in [1.82, 2.24) is 4.57 Å². The van der Waals surface area contributed by atoms with Crippen LogP contribution in [-0.2, 0) is 6.42 Å². The molecule has 1 aromatic heterocycles. The van der Waals surface area contributed by atoms with Gasteiger partial charge in [0.1, 0.15) is 5.82 Å². The molecule has 2 N–H and O–H groups in total. The standard InChI is InChI=1S/C12H12ClFN2/c13-11-7-10(1-2-12(11)14)16-6-4-9(8-16)3-5-15/h1-2,4,6-8H,3,5,15H2. The number of hydrogen-bond donors (Lipinski definition) is 1. The summed E-state index contributed by atoms with van der Waals surface area (Å²) >= 11 is 5.72. The topological polar surface area (TPSA) is 30.9 Å². The number of hydrogen-bond acceptors (Lipinski definition) is 1. The first-order valence-electron chi connectivity index (χ1n) is 5.03. The molecular weight excluding hydrogens is 227 g/mol. The molecule has 0 amide bonds. The van der Waals surface area contributed by atoms with Gasteiger partial charge in [0.25, 0.3) is 0 Å². The van der Waals surface area contributed by atoms with Crippen LogP contribution in [0.15, 0.2) is 36.7 Å². The number of rotatable bonds is 3. The van der Waals surface area contributed by atoms with Gasteiger partial charge in [-0.05, 0) is 42.8 Å². The van der Waals surface area contributed by atoms with Crippen LogP contribution in [-0.4, -0.2) is 11.1 Å². The Morgan fingerprint density at radius 3 is 2.81 bits per heavy atom. The van der Waals surface area contributed by atoms with Gasteiger partial charge < -0.3 is 10.3 Å². The predicted octanol–water partition coefficient (Wildman–Crippen LogP) is 2.77. The van der Waals surface area contributed by atoms with E-state index >= 15 is 0 Å². The zero-order chi connectivity index (χ0) is 11.5. The lowest BCUT2D eigenvalue weighted by Crippen LogP contribution is -2.01. The van der Waals surface area contributed by atoms with E-state index in [4.69, 9.17) is 17.3 Å². The van der Waals surface area contributed by atoms with Crippen LogP contribution in [0.5, 0.6) is 0 Å². The summed E-state index contributed by atoms with van der Waals surface area (Å²) in [4.78, 5) is 0. The van der Waals surface area contributed by atoms with Crippen molar-refractivity contribution in [3.8, 4) is 5.69 Å². The van der Waals surface area contributed by atoms with E-state index in [2.05, 4.69) is 0 Å². The van der Waals surface area contributed by atoms with Gasteiger partial charge in [-0.25, -0.2) is 4.39 Å². The summed E-state index contributed by atoms with van der Waals surface area (Å²) < 4.78 is 14.9. The summed E-state index contributed by atoms with van der Waals surface area (Å²) in [6.07, 6.45) is 4.72. The molecule has 0 bridgehead atoms. The third-order valence-electron chi connectivity index (χ3n) is 2.39. The SMILES string of the molecule is NCCc1ccn(-c2ccc(F)c(Cl)c2)c1. The van der Waals surface area contributed by atoms with Crippen LogP contribution in [0, 0.1) is 5.82 Å². The van der Waals surface area contributed by atoms with Crippen LogP contribution in [0.25, 0.3) is 5.69 Å². The Hall–Kier alpha value is -1.32. The summed E-state index contributed by atoms with van der Waals surface area (Å²) in [7, 11) is 0. The smallest absolute Gasteiger partial charge is 0.141 e. The van der Waals surface area contributed by atoms with Crippen molar-refractivity contribution in [3.63, 3.8) is 0 Å². The zero-order valence-corrected chi connectivity index (χ0v) is 9.41. The molecule has 16 heavy (non-hydrogen) atoms. The van der Waals surface area contributed by atoms with Gasteiger partial charge in [0.2, 0.25) is 0 Å². The summed E-state index contributed by atoms with van der Waals surface area (Å²) in [5.41, 5.74) is 7.47. The Labute approximate surface area is 98.4 Å². The van der Waals surface area contributed by atoms with E-state index in [1.807, 2.05) is 23.0 Å². The van der Waals surface area contributed by atoms with Crippen LogP contribution >= 0.6 is 11.6 Å². The molecule has 0 spiro atoms. The Kier molecular flexibility index (Phi) is 3.27. The van der Waals surface area contributed by atoms with Crippen molar-refractivity contribution < 1.29 is 4.39 Å². The molecule has 0 aliphatic carbocycles. The highest BCUT2D eigenvalue weighted by Crippen LogP contribution is 2.19. The Morgan fingerprint density at radius 1 is 1.31 bits per heavy atom. The van der Waals surface area contributed by atoms with E-state index in [0.29, 0.717) is 6.54 Å². The van der Waals surface area contributed by atoms with Crippen molar-refractivity contribution in [2.45, 2.75) is 6.42 Å². The van der Waals surface area contributed by atoms with Gasteiger partial charge >= 0.3 is 0 Å². The number of aromatic nitrogens is 1. The monoisotopic (exact) mass is 238 g/mol. The fourth-order valence-corrected chi connectivity index (χ4v) is 1.74. The van der Waals surface area contributed by atoms with Crippen molar-refractivity contribution in [3.05, 3.63) is 53.1 Å². The van der Waals surface area contributed by atoms with E-state index < -0.39 is 5.82 Å². The molecule has 0 saturated carbocycles. The normalized spacial score (nSPS) is 10.7. The van der Waals surface area contributed by atoms with Gasteiger partial charge in [0, 0.05) is 18.1 Å². The third kappa shape index (κ3) is 2.26. The number of benzene rings is 1. The summed E-state index contributed by atoms with van der Waals surface area (Å²) in [5, 5.41) is 0.131. The van der Waals surface area contributed by atoms with E-state index in [0.717, 1.165) is 17.7 Å². The Morgan fingerprint density at radius 2 is 2.12 bits per heavy atom. The summed E-state index contributed by atoms with van der Waals surface area (Å²) in [6, 6.07) is 6.64. The molecule has 0 unspecified atom stereocenters. The molecule has 0 fully saturated rings. The molecule has 2 aromatic rings. The van der Waals surface area contributed by atoms with Crippen molar-refractivity contribution in [2.75, 3.05) is 6.54 Å². The van der Waals surface area contributed by atoms with Crippen molar-refractivity contribution in [2.24, 2.45) is 5.73 Å². The lowest BCUT2D eigenvalue weighted by molar-refractivity contribution is 0.628. The molecule has 84 valence electrons. The minimum absolute atomic E-state index is 0.131. The van der Waals surface area contributed by atoms with Gasteiger partial charge in [0.05, 0.1) is 5.02 Å². The minimum Gasteiger partial charge on any atom is -0.330 e. The van der Waals surface area contributed by atoms with Crippen LogP contribution in [0.1, 0.15) is 5.56 Å². The molecule has 0 aliphatic heterocycles. The van der Waals surface area contributed by atoms with Crippen molar-refractivity contribution in [1.29, 1.82) is 0 Å². The maximum absolute atomic E-state index is 13.0. The number of nitrogens with zero attached hydrogens (tertiary/aromatic N) is 1. The molecule has 2 nitrogen and oxygen atoms in total. The largest absolute Gasteiger partial charge is 0.330 e. The molecule has 0 aliphatic rings. The number of nitrogens with two attached hydrogens (primary N) is 1. The number of halogens is 2. The molecule has 0 radical (unpaired) electrons. The molecular formula is C12H12ClFN2. The van der Waals surface area contributed by atoms with Crippen LogP contribution in [0.2, 0.25) is 5.02 Å². The third-order valence-corrected chi connectivity index (χ3v) is 2.68. The second-order valence-corrected chi connectivity index (χ2v) is 3.97. The lowest BCUT2D eigenvalue weighted by atomic mass is 10.2. The lowest BCUT2D eigenvalue weighted by Gasteiger charge is -2.03. The van der Waals surface area contributed by atoms with E-state index in [1.54, 1.807) is 12.1 Å². The van der Waals surface area contributed by atoms with Crippen LogP contribution < -0.4 is 5.73 Å². The first-order chi connectivity index (χ1) is 7.70. The molecule has 1 heterocycles. The molecule has 4 heteroatoms. The fourth-order valence-electron chi connectivity index (χ4n) is 1.56. The second-order valence-electron chi connectivity index (χ2n) is 3.56. The maximum atomic E-state index is 13.0. The molecule has 1 aromatic carbocycles. The Bertz CT molecular complexity index is 494. The van der Waals surface area contributed by atoms with Gasteiger partial charge in [-0.1, -0.05) is 11.6 Å². The first-order valence-corrected chi connectivity index (χ1v) is 5.41. The maximum Gasteiger partial charge on any atom is 0.141 e. The highest BCUT2D eigenvalue weighted by atomic mass is 35.5. The van der Waals surface area contributed by atoms with E-state index in [9.17, 15) is 4.39 Å². The molecule has 0 saturated heterocycles. The second kappa shape index (κ2) is 4.68. The molecule has 0 atom stereocenters. The minimum atomic E-state index is -0.403. The van der Waals surface area contributed by atoms with Crippen molar-refractivity contribution >= 4 is 11.6 Å². The molecule has 2 rings (SSSR count). The quantitative estimate of drug-likeness (QED) is 0.876. The van der Waals surface area contributed by atoms with E-state index in [-0.39, 0.29) is 5.02 Å². The highest BCUT2D eigenvalue weighted by molar-refractivity contribution is 6.30.